The molecule has 5 rings (SSSR count). The van der Waals surface area contributed by atoms with Gasteiger partial charge in [0.1, 0.15) is 18.5 Å². The third kappa shape index (κ3) is 10.4. The molecule has 2 unspecified atom stereocenters. The average molecular weight is 672 g/mol. The summed E-state index contributed by atoms with van der Waals surface area (Å²) in [5.74, 6) is -0.583. The van der Waals surface area contributed by atoms with Crippen molar-refractivity contribution in [3.63, 3.8) is 0 Å². The molecule has 2 fully saturated rings. The molecule has 9 nitrogen and oxygen atoms in total. The van der Waals surface area contributed by atoms with E-state index in [4.69, 9.17) is 37.4 Å². The first-order valence-corrected chi connectivity index (χ1v) is 13.1. The van der Waals surface area contributed by atoms with Crippen LogP contribution >= 0.6 is 60.4 Å². The summed E-state index contributed by atoms with van der Waals surface area (Å²) in [6, 6.07) is 13.6. The Morgan fingerprint density at radius 1 is 1.10 bits per heavy atom. The van der Waals surface area contributed by atoms with Gasteiger partial charge >= 0.3 is 0 Å². The van der Waals surface area contributed by atoms with Crippen LogP contribution in [0.5, 0.6) is 5.75 Å². The monoisotopic (exact) mass is 669 g/mol. The lowest BCUT2D eigenvalue weighted by Gasteiger charge is -2.34. The number of imidazole rings is 1. The van der Waals surface area contributed by atoms with Gasteiger partial charge in [0, 0.05) is 61.8 Å². The minimum Gasteiger partial charge on any atom is -0.491 e. The fraction of sp³-hybridized carbons (Fsp3) is 0.407. The Hall–Kier alpha value is -1.95. The number of aromatic nitrogens is 2. The number of carbonyl (C=O) groups excluding carboxylic acids is 1. The Bertz CT molecular complexity index is 1190. The smallest absolute Gasteiger partial charge is 0.215 e. The lowest BCUT2D eigenvalue weighted by molar-refractivity contribution is -0.189. The van der Waals surface area contributed by atoms with Crippen LogP contribution in [0.25, 0.3) is 0 Å². The van der Waals surface area contributed by atoms with Gasteiger partial charge in [0.25, 0.3) is 0 Å². The molecule has 2 N–H and O–H groups in total. The second kappa shape index (κ2) is 17.2. The third-order valence-electron chi connectivity index (χ3n) is 6.29. The van der Waals surface area contributed by atoms with Crippen molar-refractivity contribution in [2.24, 2.45) is 5.73 Å². The fourth-order valence-electron chi connectivity index (χ4n) is 4.38. The van der Waals surface area contributed by atoms with Crippen LogP contribution in [0.3, 0.4) is 0 Å². The molecule has 3 aromatic rings. The summed E-state index contributed by atoms with van der Waals surface area (Å²) in [4.78, 5) is 18.1. The molecule has 2 aliphatic heterocycles. The lowest BCUT2D eigenvalue weighted by Crippen LogP contribution is -2.44. The molecule has 0 radical (unpaired) electrons. The van der Waals surface area contributed by atoms with Gasteiger partial charge in [-0.05, 0) is 43.4 Å². The average Bonchev–Trinajstić information content (AvgIpc) is 3.54. The number of benzene rings is 2. The highest BCUT2D eigenvalue weighted by Crippen LogP contribution is 2.40. The van der Waals surface area contributed by atoms with Gasteiger partial charge in [-0.25, -0.2) is 4.98 Å². The fourth-order valence-corrected chi connectivity index (χ4v) is 4.93. The maximum absolute atomic E-state index is 9.22. The van der Waals surface area contributed by atoms with Gasteiger partial charge in [-0.15, -0.1) is 37.2 Å². The Balaban J connectivity index is 0.00000113. The summed E-state index contributed by atoms with van der Waals surface area (Å²) < 4.78 is 20.6. The standard InChI is InChI=1S/C25H28Cl2N4O3.C2H5NO.3ClH/c1-29-10-12-31(13-11-29)20-3-5-21(6-4-20)32-15-22-16-33-25(34-22,17-30-9-8-28-18-30)23-7-2-19(26)14-24(23)27;1-2(3)4;;;/h2-9,14,18,22H,10-13,15-17H2,1H3;1H3,(H2,3,4);3*1H. The molecule has 0 saturated carbocycles. The van der Waals surface area contributed by atoms with Gasteiger partial charge in [-0.2, -0.15) is 0 Å². The highest BCUT2D eigenvalue weighted by atomic mass is 35.5. The SMILES string of the molecule is CC(N)=O.CN1CCN(c2ccc(OCC3COC(Cn4ccnc4)(c4ccc(Cl)cc4Cl)O3)cc2)CC1.Cl.Cl.Cl. The van der Waals surface area contributed by atoms with Gasteiger partial charge < -0.3 is 34.3 Å². The van der Waals surface area contributed by atoms with Crippen molar-refractivity contribution in [1.82, 2.24) is 14.5 Å². The minimum atomic E-state index is -1.05. The van der Waals surface area contributed by atoms with Crippen LogP contribution in [0.2, 0.25) is 10.0 Å². The van der Waals surface area contributed by atoms with E-state index >= 15 is 0 Å². The molecular formula is C27H36Cl5N5O4. The number of halogens is 5. The number of nitrogens with two attached hydrogens (primary N) is 1. The molecule has 2 aromatic carbocycles. The number of nitrogens with zero attached hydrogens (tertiary/aromatic N) is 4. The number of piperazine rings is 1. The van der Waals surface area contributed by atoms with Crippen molar-refractivity contribution in [1.29, 1.82) is 0 Å². The van der Waals surface area contributed by atoms with E-state index in [9.17, 15) is 4.79 Å². The molecule has 14 heteroatoms. The number of hydrogen-bond donors (Lipinski definition) is 1. The number of carbonyl (C=O) groups is 1. The first-order valence-electron chi connectivity index (χ1n) is 12.4. The number of hydrogen-bond acceptors (Lipinski definition) is 7. The van der Waals surface area contributed by atoms with Gasteiger partial charge in [-0.3, -0.25) is 4.79 Å². The minimum absolute atomic E-state index is 0. The van der Waals surface area contributed by atoms with E-state index in [0.29, 0.717) is 29.8 Å². The Morgan fingerprint density at radius 3 is 2.34 bits per heavy atom. The maximum atomic E-state index is 9.22. The van der Waals surface area contributed by atoms with E-state index < -0.39 is 5.79 Å². The second-order valence-electron chi connectivity index (χ2n) is 9.37. The molecular weight excluding hydrogens is 636 g/mol. The van der Waals surface area contributed by atoms with E-state index in [2.05, 4.69) is 39.7 Å². The van der Waals surface area contributed by atoms with Crippen LogP contribution in [0.15, 0.2) is 61.2 Å². The van der Waals surface area contributed by atoms with Gasteiger partial charge in [0.05, 0.1) is 24.5 Å². The van der Waals surface area contributed by atoms with E-state index in [1.54, 1.807) is 24.7 Å². The largest absolute Gasteiger partial charge is 0.491 e. The predicted molar refractivity (Wildman–Crippen MR) is 169 cm³/mol. The number of rotatable bonds is 7. The first-order chi connectivity index (χ1) is 18.2. The molecule has 2 saturated heterocycles. The van der Waals surface area contributed by atoms with E-state index in [1.807, 2.05) is 29.0 Å². The number of anilines is 1. The number of ether oxygens (including phenoxy) is 3. The molecule has 3 heterocycles. The zero-order chi connectivity index (χ0) is 27.1. The number of primary amides is 1. The summed E-state index contributed by atoms with van der Waals surface area (Å²) in [5, 5.41) is 1.05. The quantitative estimate of drug-likeness (QED) is 0.376. The van der Waals surface area contributed by atoms with Crippen LogP contribution in [0, 0.1) is 0 Å². The van der Waals surface area contributed by atoms with Crippen molar-refractivity contribution in [3.05, 3.63) is 76.8 Å². The first kappa shape index (κ1) is 37.1. The summed E-state index contributed by atoms with van der Waals surface area (Å²) in [5.41, 5.74) is 6.42. The topological polar surface area (TPSA) is 95.1 Å². The third-order valence-corrected chi connectivity index (χ3v) is 6.84. The van der Waals surface area contributed by atoms with Crippen LogP contribution in [0.4, 0.5) is 5.69 Å². The van der Waals surface area contributed by atoms with Gasteiger partial charge in [0.2, 0.25) is 11.7 Å². The van der Waals surface area contributed by atoms with Crippen molar-refractivity contribution in [2.75, 3.05) is 51.3 Å². The highest BCUT2D eigenvalue weighted by molar-refractivity contribution is 6.35. The van der Waals surface area contributed by atoms with Gasteiger partial charge in [0.15, 0.2) is 0 Å². The summed E-state index contributed by atoms with van der Waals surface area (Å²) in [6.45, 7) is 6.69. The summed E-state index contributed by atoms with van der Waals surface area (Å²) in [6.07, 6.45) is 5.06. The highest BCUT2D eigenvalue weighted by Gasteiger charge is 2.45. The van der Waals surface area contributed by atoms with Gasteiger partial charge in [-0.1, -0.05) is 29.3 Å². The summed E-state index contributed by atoms with van der Waals surface area (Å²) >= 11 is 12.7. The number of likely N-dealkylation sites (N-methyl/N-ethyl adjacent to an activating group) is 1. The molecule has 228 valence electrons. The van der Waals surface area contributed by atoms with Crippen LogP contribution < -0.4 is 15.4 Å². The molecule has 0 spiro atoms. The Labute approximate surface area is 269 Å². The molecule has 0 bridgehead atoms. The van der Waals surface area contributed by atoms with Crippen molar-refractivity contribution >= 4 is 72.0 Å². The molecule has 2 aliphatic rings. The van der Waals surface area contributed by atoms with Crippen LogP contribution in [-0.4, -0.2) is 72.9 Å². The van der Waals surface area contributed by atoms with Crippen molar-refractivity contribution < 1.29 is 19.0 Å². The van der Waals surface area contributed by atoms with Crippen molar-refractivity contribution in [2.45, 2.75) is 25.4 Å². The van der Waals surface area contributed by atoms with E-state index in [-0.39, 0.29) is 49.2 Å². The van der Waals surface area contributed by atoms with Crippen LogP contribution in [0.1, 0.15) is 12.5 Å². The molecule has 1 aromatic heterocycles. The molecule has 2 atom stereocenters. The van der Waals surface area contributed by atoms with Crippen LogP contribution in [-0.2, 0) is 26.6 Å². The Kier molecular flexibility index (Phi) is 15.6. The van der Waals surface area contributed by atoms with Crippen molar-refractivity contribution in [3.8, 4) is 5.75 Å². The Morgan fingerprint density at radius 2 is 1.76 bits per heavy atom. The molecule has 41 heavy (non-hydrogen) atoms. The van der Waals surface area contributed by atoms with E-state index in [1.165, 1.54) is 12.6 Å². The predicted octanol–water partition coefficient (Wildman–Crippen LogP) is 5.05. The second-order valence-corrected chi connectivity index (χ2v) is 10.2. The zero-order valence-corrected chi connectivity index (χ0v) is 26.7. The summed E-state index contributed by atoms with van der Waals surface area (Å²) in [7, 11) is 2.16. The zero-order valence-electron chi connectivity index (χ0n) is 22.8. The molecule has 0 aliphatic carbocycles. The van der Waals surface area contributed by atoms with E-state index in [0.717, 1.165) is 37.5 Å². The number of amides is 1. The molecule has 1 amide bonds. The normalized spacial score (nSPS) is 20.0. The lowest BCUT2D eigenvalue weighted by atomic mass is 10.1. The maximum Gasteiger partial charge on any atom is 0.215 e.